The molecule has 1 aromatic heterocycles. The number of nitriles is 1. The molecule has 0 amide bonds. The number of carboxylic acid groups (broad SMARTS) is 1. The third-order valence-electron chi connectivity index (χ3n) is 5.28. The number of carbonyl (C=O) groups is 1. The van der Waals surface area contributed by atoms with Crippen molar-refractivity contribution in [1.29, 1.82) is 5.26 Å². The highest BCUT2D eigenvalue weighted by Crippen LogP contribution is 2.27. The van der Waals surface area contributed by atoms with Crippen LogP contribution in [0.5, 0.6) is 0 Å². The summed E-state index contributed by atoms with van der Waals surface area (Å²) >= 11 is 0. The van der Waals surface area contributed by atoms with Gasteiger partial charge in [-0.2, -0.15) is 5.26 Å². The van der Waals surface area contributed by atoms with Crippen LogP contribution in [0.2, 0.25) is 0 Å². The first-order valence-corrected chi connectivity index (χ1v) is 10.3. The van der Waals surface area contributed by atoms with Crippen molar-refractivity contribution in [3.63, 3.8) is 0 Å². The summed E-state index contributed by atoms with van der Waals surface area (Å²) in [6.45, 7) is 1.91. The Hall–Kier alpha value is -4.70. The Morgan fingerprint density at radius 3 is 2.45 bits per heavy atom. The highest BCUT2D eigenvalue weighted by Gasteiger charge is 2.15. The largest absolute Gasteiger partial charge is 0.478 e. The first-order chi connectivity index (χ1) is 16.0. The van der Waals surface area contributed by atoms with Crippen LogP contribution in [0.3, 0.4) is 0 Å². The van der Waals surface area contributed by atoms with E-state index >= 15 is 0 Å². The number of rotatable bonds is 6. The first kappa shape index (κ1) is 21.5. The van der Waals surface area contributed by atoms with Gasteiger partial charge in [-0.05, 0) is 53.9 Å². The van der Waals surface area contributed by atoms with Gasteiger partial charge in [0.05, 0.1) is 34.1 Å². The van der Waals surface area contributed by atoms with Gasteiger partial charge in [-0.25, -0.2) is 9.48 Å². The lowest BCUT2D eigenvalue weighted by molar-refractivity contribution is 0.0698. The molecule has 0 spiro atoms. The summed E-state index contributed by atoms with van der Waals surface area (Å²) < 4.78 is 1.39. The zero-order valence-corrected chi connectivity index (χ0v) is 17.8. The smallest absolute Gasteiger partial charge is 0.337 e. The fourth-order valence-electron chi connectivity index (χ4n) is 3.53. The van der Waals surface area contributed by atoms with Crippen LogP contribution in [0.4, 0.5) is 5.69 Å². The van der Waals surface area contributed by atoms with Crippen molar-refractivity contribution in [1.82, 2.24) is 9.78 Å². The van der Waals surface area contributed by atoms with Crippen molar-refractivity contribution in [2.24, 2.45) is 4.99 Å². The van der Waals surface area contributed by atoms with E-state index < -0.39 is 5.97 Å². The molecule has 0 atom stereocenters. The molecule has 162 valence electrons. The molecule has 33 heavy (non-hydrogen) atoms. The minimum absolute atomic E-state index is 0.0496. The van der Waals surface area contributed by atoms with E-state index in [1.165, 1.54) is 10.9 Å². The van der Waals surface area contributed by atoms with E-state index in [1.54, 1.807) is 42.5 Å². The Kier molecular flexibility index (Phi) is 6.00. The third kappa shape index (κ3) is 4.36. The normalized spacial score (nSPS) is 10.9. The second-order valence-corrected chi connectivity index (χ2v) is 7.32. The van der Waals surface area contributed by atoms with Crippen LogP contribution in [-0.2, 0) is 6.42 Å². The number of nitrogens with zero attached hydrogens (tertiary/aromatic N) is 3. The number of aryl methyl sites for hydroxylation is 1. The number of aromatic amines is 1. The van der Waals surface area contributed by atoms with E-state index in [9.17, 15) is 14.7 Å². The van der Waals surface area contributed by atoms with Crippen molar-refractivity contribution in [3.8, 4) is 22.9 Å². The molecular weight excluding hydrogens is 416 g/mol. The van der Waals surface area contributed by atoms with Crippen molar-refractivity contribution in [2.45, 2.75) is 13.3 Å². The highest BCUT2D eigenvalue weighted by molar-refractivity contribution is 5.96. The summed E-state index contributed by atoms with van der Waals surface area (Å²) in [7, 11) is 0. The van der Waals surface area contributed by atoms with Crippen LogP contribution in [0.1, 0.15) is 34.1 Å². The summed E-state index contributed by atoms with van der Waals surface area (Å²) in [5, 5.41) is 21.8. The quantitative estimate of drug-likeness (QED) is 0.426. The highest BCUT2D eigenvalue weighted by atomic mass is 16.4. The Labute approximate surface area is 189 Å². The SMILES string of the molecule is CCc1[nH]n(-c2ccc(C#N)cc2)c(=O)c1C=Nc1ccc(-c2ccccc2)cc1C(=O)O. The Morgan fingerprint density at radius 2 is 1.82 bits per heavy atom. The lowest BCUT2D eigenvalue weighted by Crippen LogP contribution is -2.17. The van der Waals surface area contributed by atoms with Gasteiger partial charge in [-0.3, -0.25) is 14.9 Å². The van der Waals surface area contributed by atoms with E-state index in [4.69, 9.17) is 5.26 Å². The molecule has 7 nitrogen and oxygen atoms in total. The average Bonchev–Trinajstić information content (AvgIpc) is 3.18. The summed E-state index contributed by atoms with van der Waals surface area (Å²) in [6, 6.07) is 23.2. The molecule has 0 aliphatic rings. The number of hydrogen-bond acceptors (Lipinski definition) is 4. The molecule has 0 saturated heterocycles. The fourth-order valence-corrected chi connectivity index (χ4v) is 3.53. The van der Waals surface area contributed by atoms with E-state index in [-0.39, 0.29) is 16.8 Å². The minimum Gasteiger partial charge on any atom is -0.478 e. The molecule has 4 rings (SSSR count). The zero-order chi connectivity index (χ0) is 23.4. The summed E-state index contributed by atoms with van der Waals surface area (Å²) in [5.41, 5.74) is 3.78. The van der Waals surface area contributed by atoms with Gasteiger partial charge >= 0.3 is 5.97 Å². The van der Waals surface area contributed by atoms with Crippen LogP contribution >= 0.6 is 0 Å². The van der Waals surface area contributed by atoms with Gasteiger partial charge in [0, 0.05) is 11.9 Å². The van der Waals surface area contributed by atoms with Crippen molar-refractivity contribution >= 4 is 17.9 Å². The lowest BCUT2D eigenvalue weighted by atomic mass is 10.0. The molecule has 0 aliphatic heterocycles. The Balaban J connectivity index is 1.73. The molecule has 2 N–H and O–H groups in total. The van der Waals surface area contributed by atoms with Crippen molar-refractivity contribution in [2.75, 3.05) is 0 Å². The number of benzene rings is 3. The van der Waals surface area contributed by atoms with Crippen molar-refractivity contribution < 1.29 is 9.90 Å². The maximum Gasteiger partial charge on any atom is 0.337 e. The van der Waals surface area contributed by atoms with Gasteiger partial charge in [0.1, 0.15) is 0 Å². The van der Waals surface area contributed by atoms with Crippen LogP contribution in [0, 0.1) is 11.3 Å². The van der Waals surface area contributed by atoms with Gasteiger partial charge in [-0.15, -0.1) is 0 Å². The van der Waals surface area contributed by atoms with Crippen LogP contribution in [0.15, 0.2) is 82.6 Å². The lowest BCUT2D eigenvalue weighted by Gasteiger charge is -2.06. The predicted octanol–water partition coefficient (Wildman–Crippen LogP) is 4.72. The predicted molar refractivity (Wildman–Crippen MR) is 127 cm³/mol. The molecule has 7 heteroatoms. The average molecular weight is 436 g/mol. The van der Waals surface area contributed by atoms with Gasteiger partial charge < -0.3 is 5.11 Å². The van der Waals surface area contributed by atoms with E-state index in [2.05, 4.69) is 10.1 Å². The maximum atomic E-state index is 13.0. The zero-order valence-electron chi connectivity index (χ0n) is 17.8. The first-order valence-electron chi connectivity index (χ1n) is 10.3. The van der Waals surface area contributed by atoms with Crippen molar-refractivity contribution in [3.05, 3.63) is 106 Å². The molecule has 0 saturated carbocycles. The monoisotopic (exact) mass is 436 g/mol. The molecule has 0 bridgehead atoms. The summed E-state index contributed by atoms with van der Waals surface area (Å²) in [5.74, 6) is -1.10. The van der Waals surface area contributed by atoms with Gasteiger partial charge in [0.25, 0.3) is 5.56 Å². The number of H-pyrrole nitrogens is 1. The second kappa shape index (κ2) is 9.20. The number of aromatic nitrogens is 2. The molecule has 0 unspecified atom stereocenters. The fraction of sp³-hybridized carbons (Fsp3) is 0.0769. The molecule has 4 aromatic rings. The van der Waals surface area contributed by atoms with Crippen LogP contribution in [0.25, 0.3) is 16.8 Å². The number of aromatic carboxylic acids is 1. The molecule has 3 aromatic carbocycles. The van der Waals surface area contributed by atoms with Gasteiger partial charge in [0.15, 0.2) is 0 Å². The number of nitrogens with one attached hydrogen (secondary N) is 1. The summed E-state index contributed by atoms with van der Waals surface area (Å²) in [6.07, 6.45) is 1.96. The molecular formula is C26H20N4O3. The molecule has 0 aliphatic carbocycles. The third-order valence-corrected chi connectivity index (χ3v) is 5.28. The standard InChI is InChI=1S/C26H20N4O3/c1-2-23-22(25(31)30(29-23)20-11-8-17(15-27)9-12-20)16-28-24-13-10-19(14-21(24)26(32)33)18-6-4-3-5-7-18/h3-14,16,29H,2H2,1H3,(H,32,33). The van der Waals surface area contributed by atoms with E-state index in [0.29, 0.717) is 28.9 Å². The minimum atomic E-state index is -1.10. The summed E-state index contributed by atoms with van der Waals surface area (Å²) in [4.78, 5) is 29.3. The van der Waals surface area contributed by atoms with Gasteiger partial charge in [0.2, 0.25) is 0 Å². The molecule has 1 heterocycles. The topological polar surface area (TPSA) is 111 Å². The maximum absolute atomic E-state index is 13.0. The van der Waals surface area contributed by atoms with E-state index in [1.807, 2.05) is 43.3 Å². The van der Waals surface area contributed by atoms with Crippen LogP contribution < -0.4 is 5.56 Å². The van der Waals surface area contributed by atoms with Crippen LogP contribution in [-0.4, -0.2) is 27.1 Å². The molecule has 0 fully saturated rings. The number of carboxylic acids is 1. The number of hydrogen-bond donors (Lipinski definition) is 2. The van der Waals surface area contributed by atoms with Gasteiger partial charge in [-0.1, -0.05) is 43.3 Å². The number of aliphatic imine (C=N–C) groups is 1. The van der Waals surface area contributed by atoms with E-state index in [0.717, 1.165) is 11.1 Å². The second-order valence-electron chi connectivity index (χ2n) is 7.32. The Morgan fingerprint density at radius 1 is 1.09 bits per heavy atom. The molecule has 0 radical (unpaired) electrons. The Bertz CT molecular complexity index is 1440.